The molecule has 4 aromatic carbocycles. The summed E-state index contributed by atoms with van der Waals surface area (Å²) in [5, 5.41) is 14.4. The van der Waals surface area contributed by atoms with Gasteiger partial charge in [0.2, 0.25) is 0 Å². The summed E-state index contributed by atoms with van der Waals surface area (Å²) in [6, 6.07) is 27.3. The average Bonchev–Trinajstić information content (AvgIpc) is 3.06. The lowest BCUT2D eigenvalue weighted by Gasteiger charge is -2.57. The quantitative estimate of drug-likeness (QED) is 0.131. The van der Waals surface area contributed by atoms with E-state index in [4.69, 9.17) is 0 Å². The number of anilines is 2. The molecule has 0 aliphatic carbocycles. The molecule has 0 amide bonds. The lowest BCUT2D eigenvalue weighted by atomic mass is 9.91. The molecule has 0 atom stereocenters. The minimum atomic E-state index is -1.81. The van der Waals surface area contributed by atoms with Crippen LogP contribution in [0.5, 0.6) is 0 Å². The normalized spacial score (nSPS) is 14.3. The van der Waals surface area contributed by atoms with Crippen molar-refractivity contribution in [3.8, 4) is 11.1 Å². The molecule has 4 aromatic rings. The maximum absolute atomic E-state index is 4.10. The van der Waals surface area contributed by atoms with Crippen molar-refractivity contribution in [1.82, 2.24) is 8.46 Å². The van der Waals surface area contributed by atoms with Crippen LogP contribution in [0.1, 0.15) is 83.1 Å². The Bertz CT molecular complexity index is 1770. The van der Waals surface area contributed by atoms with E-state index < -0.39 is 32.9 Å². The van der Waals surface area contributed by atoms with E-state index in [0.717, 1.165) is 26.2 Å². The van der Waals surface area contributed by atoms with E-state index in [2.05, 4.69) is 227 Å². The summed E-state index contributed by atoms with van der Waals surface area (Å²) in [6.07, 6.45) is 0. The van der Waals surface area contributed by atoms with E-state index >= 15 is 0 Å². The predicted octanol–water partition coefficient (Wildman–Crippen LogP) is 15.1. The molecule has 2 N–H and O–H groups in total. The Morgan fingerprint density at radius 1 is 0.393 bits per heavy atom. The van der Waals surface area contributed by atoms with Gasteiger partial charge in [-0.2, -0.15) is 0 Å². The van der Waals surface area contributed by atoms with Crippen LogP contribution in [0, 0.1) is 0 Å². The highest BCUT2D eigenvalue weighted by Crippen LogP contribution is 2.49. The van der Waals surface area contributed by atoms with Gasteiger partial charge in [0.05, 0.1) is 0 Å². The molecular formula is C48H82N4Si4. The highest BCUT2D eigenvalue weighted by molar-refractivity contribution is 6.94. The van der Waals surface area contributed by atoms with Crippen molar-refractivity contribution in [3.05, 3.63) is 72.8 Å². The number of benzene rings is 4. The Labute approximate surface area is 349 Å². The van der Waals surface area contributed by atoms with Crippen molar-refractivity contribution in [2.45, 2.75) is 156 Å². The van der Waals surface area contributed by atoms with Crippen LogP contribution in [-0.4, -0.2) is 67.6 Å². The maximum atomic E-state index is 4.10. The molecule has 0 bridgehead atoms. The van der Waals surface area contributed by atoms with Gasteiger partial charge in [-0.3, -0.25) is 0 Å². The molecular weight excluding hydrogens is 745 g/mol. The van der Waals surface area contributed by atoms with Gasteiger partial charge in [0, 0.05) is 48.7 Å². The molecule has 4 rings (SSSR count). The molecule has 0 saturated heterocycles. The van der Waals surface area contributed by atoms with Crippen LogP contribution in [0.3, 0.4) is 0 Å². The lowest BCUT2D eigenvalue weighted by Crippen LogP contribution is -2.69. The zero-order valence-electron chi connectivity index (χ0n) is 39.7. The molecule has 310 valence electrons. The van der Waals surface area contributed by atoms with Crippen LogP contribution in [0.15, 0.2) is 72.8 Å². The molecule has 0 radical (unpaired) electrons. The minimum Gasteiger partial charge on any atom is -0.383 e. The Morgan fingerprint density at radius 3 is 0.929 bits per heavy atom. The second-order valence-electron chi connectivity index (χ2n) is 22.8. The molecule has 0 saturated carbocycles. The van der Waals surface area contributed by atoms with E-state index in [1.807, 2.05) is 0 Å². The number of hydrogen-bond acceptors (Lipinski definition) is 4. The van der Waals surface area contributed by atoms with Crippen LogP contribution in [0.2, 0.25) is 72.5 Å². The highest BCUT2D eigenvalue weighted by atomic mass is 28.4. The van der Waals surface area contributed by atoms with Gasteiger partial charge in [0.25, 0.3) is 0 Å². The molecule has 0 heterocycles. The summed E-state index contributed by atoms with van der Waals surface area (Å²) in [6.45, 7) is 54.5. The Hall–Kier alpha value is -2.21. The molecule has 0 aromatic heterocycles. The Morgan fingerprint density at radius 2 is 0.661 bits per heavy atom. The summed E-state index contributed by atoms with van der Waals surface area (Å²) < 4.78 is 6.10. The predicted molar refractivity (Wildman–Crippen MR) is 266 cm³/mol. The summed E-state index contributed by atoms with van der Waals surface area (Å²) in [5.41, 5.74) is 5.05. The second kappa shape index (κ2) is 16.1. The number of rotatable bonds is 13. The standard InChI is InChI=1S/C48H82N4Si4/c1-45(2,3)53(13,14)51(54(15,16)46(4,5)6)35-33-49-41-31-29-37-25-21-23-27-39(37)43(41)44-40-28-24-22-26-38(40)30-32-42(44)50-34-36-52(55(17,18)47(7,8)9)56(19,20)48(10,11)12/h21-32,49-50H,33-36H2,1-20H3. The monoisotopic (exact) mass is 827 g/mol. The average molecular weight is 828 g/mol. The molecule has 56 heavy (non-hydrogen) atoms. The van der Waals surface area contributed by atoms with E-state index in [1.165, 1.54) is 44.0 Å². The first-order valence-electron chi connectivity index (χ1n) is 21.5. The van der Waals surface area contributed by atoms with Gasteiger partial charge in [-0.25, -0.2) is 0 Å². The van der Waals surface area contributed by atoms with Gasteiger partial charge in [-0.15, -0.1) is 0 Å². The molecule has 0 unspecified atom stereocenters. The Balaban J connectivity index is 1.85. The SMILES string of the molecule is CC(C)(C)[Si](C)(C)N(CCNc1ccc2ccccc2c1-c1c(NCCN([Si](C)(C)C(C)(C)C)[Si](C)(C)C(C)(C)C)ccc2ccccc12)[Si](C)(C)C(C)(C)C. The van der Waals surface area contributed by atoms with Crippen LogP contribution in [0.4, 0.5) is 11.4 Å². The van der Waals surface area contributed by atoms with Crippen LogP contribution in [0.25, 0.3) is 32.7 Å². The van der Waals surface area contributed by atoms with E-state index in [1.54, 1.807) is 0 Å². The highest BCUT2D eigenvalue weighted by Gasteiger charge is 2.52. The second-order valence-corrected chi connectivity index (χ2v) is 44.3. The number of fused-ring (bicyclic) bond motifs is 2. The van der Waals surface area contributed by atoms with Crippen molar-refractivity contribution in [2.24, 2.45) is 0 Å². The fraction of sp³-hybridized carbons (Fsp3) is 0.583. The number of hydrogen-bond donors (Lipinski definition) is 2. The summed E-state index contributed by atoms with van der Waals surface area (Å²) >= 11 is 0. The van der Waals surface area contributed by atoms with Gasteiger partial charge in [-0.1, -0.05) is 196 Å². The summed E-state index contributed by atoms with van der Waals surface area (Å²) in [5.74, 6) is 0. The van der Waals surface area contributed by atoms with Crippen molar-refractivity contribution in [1.29, 1.82) is 0 Å². The van der Waals surface area contributed by atoms with E-state index in [0.29, 0.717) is 0 Å². The molecule has 4 nitrogen and oxygen atoms in total. The third-order valence-electron chi connectivity index (χ3n) is 15.5. The minimum absolute atomic E-state index is 0.269. The number of nitrogens with zero attached hydrogens (tertiary/aromatic N) is 2. The molecule has 0 spiro atoms. The smallest absolute Gasteiger partial charge is 0.121 e. The zero-order chi connectivity index (χ0) is 42.5. The fourth-order valence-corrected chi connectivity index (χ4v) is 29.2. The van der Waals surface area contributed by atoms with Gasteiger partial charge < -0.3 is 19.1 Å². The van der Waals surface area contributed by atoms with Gasteiger partial charge in [0.15, 0.2) is 0 Å². The third kappa shape index (κ3) is 9.01. The first-order chi connectivity index (χ1) is 25.4. The summed E-state index contributed by atoms with van der Waals surface area (Å²) in [4.78, 5) is 0. The first-order valence-corrected chi connectivity index (χ1v) is 33.2. The van der Waals surface area contributed by atoms with Crippen LogP contribution >= 0.6 is 0 Å². The van der Waals surface area contributed by atoms with Crippen molar-refractivity contribution >= 4 is 65.9 Å². The van der Waals surface area contributed by atoms with Gasteiger partial charge in [0.1, 0.15) is 32.9 Å². The van der Waals surface area contributed by atoms with Gasteiger partial charge >= 0.3 is 0 Å². The molecule has 0 aliphatic heterocycles. The van der Waals surface area contributed by atoms with Crippen molar-refractivity contribution in [3.63, 3.8) is 0 Å². The third-order valence-corrected chi connectivity index (χ3v) is 43.1. The maximum Gasteiger partial charge on any atom is 0.121 e. The van der Waals surface area contributed by atoms with E-state index in [9.17, 15) is 0 Å². The molecule has 0 aliphatic rings. The largest absolute Gasteiger partial charge is 0.383 e. The zero-order valence-corrected chi connectivity index (χ0v) is 43.7. The lowest BCUT2D eigenvalue weighted by molar-refractivity contribution is 0.523. The van der Waals surface area contributed by atoms with E-state index in [-0.39, 0.29) is 20.2 Å². The van der Waals surface area contributed by atoms with Crippen molar-refractivity contribution in [2.75, 3.05) is 36.8 Å². The topological polar surface area (TPSA) is 30.5 Å². The van der Waals surface area contributed by atoms with Gasteiger partial charge in [-0.05, 0) is 53.8 Å². The fourth-order valence-electron chi connectivity index (χ4n) is 8.12. The number of nitrogens with one attached hydrogen (secondary N) is 2. The molecule has 0 fully saturated rings. The molecule has 8 heteroatoms. The van der Waals surface area contributed by atoms with Crippen molar-refractivity contribution < 1.29 is 0 Å². The first kappa shape index (κ1) is 46.5. The van der Waals surface area contributed by atoms with Crippen LogP contribution in [-0.2, 0) is 0 Å². The summed E-state index contributed by atoms with van der Waals surface area (Å²) in [7, 11) is -7.25. The van der Waals surface area contributed by atoms with Crippen LogP contribution < -0.4 is 10.6 Å². The Kier molecular flexibility index (Phi) is 13.4.